The van der Waals surface area contributed by atoms with Crippen LogP contribution in [0.4, 0.5) is 5.82 Å². The van der Waals surface area contributed by atoms with Gasteiger partial charge < -0.3 is 10.2 Å². The molecule has 4 heteroatoms. The first-order valence-electron chi connectivity index (χ1n) is 4.05. The van der Waals surface area contributed by atoms with Gasteiger partial charge in [-0.2, -0.15) is 5.10 Å². The fourth-order valence-corrected chi connectivity index (χ4v) is 1.37. The van der Waals surface area contributed by atoms with E-state index >= 15 is 0 Å². The van der Waals surface area contributed by atoms with E-state index in [1.54, 1.807) is 6.07 Å². The Morgan fingerprint density at radius 2 is 2.15 bits per heavy atom. The van der Waals surface area contributed by atoms with Crippen molar-refractivity contribution in [2.75, 3.05) is 5.73 Å². The first kappa shape index (κ1) is 7.91. The number of hydrogen-bond donors (Lipinski definition) is 2. The lowest BCUT2D eigenvalue weighted by atomic mass is 10.2. The number of aryl methyl sites for hydroxylation is 2. The summed E-state index contributed by atoms with van der Waals surface area (Å²) in [5.41, 5.74) is 7.41. The third kappa shape index (κ3) is 1.30. The van der Waals surface area contributed by atoms with Crippen molar-refractivity contribution >= 4 is 5.82 Å². The van der Waals surface area contributed by atoms with E-state index in [0.717, 1.165) is 22.8 Å². The van der Waals surface area contributed by atoms with E-state index in [2.05, 4.69) is 10.2 Å². The van der Waals surface area contributed by atoms with E-state index in [-0.39, 0.29) is 0 Å². The molecule has 0 spiro atoms. The van der Waals surface area contributed by atoms with Gasteiger partial charge in [-0.05, 0) is 19.9 Å². The molecular formula is C9H11N3O. The molecule has 0 aliphatic carbocycles. The highest BCUT2D eigenvalue weighted by Crippen LogP contribution is 2.25. The highest BCUT2D eigenvalue weighted by Gasteiger charge is 2.08. The molecule has 0 saturated carbocycles. The van der Waals surface area contributed by atoms with Crippen LogP contribution in [0.25, 0.3) is 11.3 Å². The van der Waals surface area contributed by atoms with Gasteiger partial charge in [-0.1, -0.05) is 0 Å². The molecule has 68 valence electrons. The van der Waals surface area contributed by atoms with Crippen molar-refractivity contribution in [3.8, 4) is 11.3 Å². The molecule has 13 heavy (non-hydrogen) atoms. The summed E-state index contributed by atoms with van der Waals surface area (Å²) in [6.07, 6.45) is 0. The van der Waals surface area contributed by atoms with Gasteiger partial charge in [-0.25, -0.2) is 0 Å². The van der Waals surface area contributed by atoms with Gasteiger partial charge in [-0.3, -0.25) is 5.10 Å². The molecule has 0 aromatic carbocycles. The summed E-state index contributed by atoms with van der Waals surface area (Å²) in [6, 6.07) is 3.75. The number of aromatic amines is 1. The van der Waals surface area contributed by atoms with Gasteiger partial charge >= 0.3 is 0 Å². The lowest BCUT2D eigenvalue weighted by molar-refractivity contribution is 0.505. The van der Waals surface area contributed by atoms with Crippen LogP contribution in [0.5, 0.6) is 0 Å². The fourth-order valence-electron chi connectivity index (χ4n) is 1.37. The Balaban J connectivity index is 2.51. The molecule has 2 heterocycles. The second-order valence-electron chi connectivity index (χ2n) is 3.03. The van der Waals surface area contributed by atoms with Gasteiger partial charge in [-0.15, -0.1) is 0 Å². The number of hydrogen-bond acceptors (Lipinski definition) is 3. The van der Waals surface area contributed by atoms with Gasteiger partial charge in [0.2, 0.25) is 0 Å². The fraction of sp³-hybridized carbons (Fsp3) is 0.222. The molecule has 0 fully saturated rings. The Labute approximate surface area is 75.7 Å². The van der Waals surface area contributed by atoms with Crippen LogP contribution < -0.4 is 5.73 Å². The third-order valence-corrected chi connectivity index (χ3v) is 1.93. The van der Waals surface area contributed by atoms with Crippen molar-refractivity contribution in [2.24, 2.45) is 0 Å². The van der Waals surface area contributed by atoms with Crippen LogP contribution in [-0.4, -0.2) is 10.2 Å². The number of aromatic nitrogens is 2. The Hall–Kier alpha value is -1.71. The normalized spacial score (nSPS) is 10.6. The topological polar surface area (TPSA) is 67.8 Å². The van der Waals surface area contributed by atoms with Crippen LogP contribution in [-0.2, 0) is 0 Å². The van der Waals surface area contributed by atoms with Crippen molar-refractivity contribution in [3.63, 3.8) is 0 Å². The second-order valence-corrected chi connectivity index (χ2v) is 3.03. The predicted octanol–water partition coefficient (Wildman–Crippen LogP) is 1.87. The number of nitrogens with one attached hydrogen (secondary N) is 1. The Morgan fingerprint density at radius 3 is 2.62 bits per heavy atom. The van der Waals surface area contributed by atoms with Gasteiger partial charge in [0.25, 0.3) is 0 Å². The summed E-state index contributed by atoms with van der Waals surface area (Å²) in [7, 11) is 0. The zero-order chi connectivity index (χ0) is 9.42. The lowest BCUT2D eigenvalue weighted by Crippen LogP contribution is -1.81. The maximum Gasteiger partial charge on any atom is 0.145 e. The molecular weight excluding hydrogens is 166 g/mol. The molecule has 2 aromatic heterocycles. The van der Waals surface area contributed by atoms with Crippen LogP contribution in [0, 0.1) is 13.8 Å². The highest BCUT2D eigenvalue weighted by molar-refractivity contribution is 5.64. The molecule has 0 bridgehead atoms. The third-order valence-electron chi connectivity index (χ3n) is 1.93. The first-order valence-corrected chi connectivity index (χ1v) is 4.05. The monoisotopic (exact) mass is 177 g/mol. The zero-order valence-corrected chi connectivity index (χ0v) is 7.59. The number of nitrogen functional groups attached to an aromatic ring is 1. The maximum atomic E-state index is 5.50. The number of anilines is 1. The Morgan fingerprint density at radius 1 is 1.38 bits per heavy atom. The zero-order valence-electron chi connectivity index (χ0n) is 7.59. The van der Waals surface area contributed by atoms with E-state index in [0.29, 0.717) is 5.82 Å². The number of nitrogens with zero attached hydrogens (tertiary/aromatic N) is 1. The largest absolute Gasteiger partial charge is 0.466 e. The summed E-state index contributed by atoms with van der Waals surface area (Å²) in [5.74, 6) is 2.26. The molecule has 0 radical (unpaired) electrons. The van der Waals surface area contributed by atoms with E-state index < -0.39 is 0 Å². The van der Waals surface area contributed by atoms with E-state index in [1.807, 2.05) is 19.9 Å². The molecule has 0 atom stereocenters. The van der Waals surface area contributed by atoms with E-state index in [1.165, 1.54) is 0 Å². The average Bonchev–Trinajstić information content (AvgIpc) is 2.58. The standard InChI is InChI=1S/C9H11N3O/c1-5-3-7(6(2)13-5)8-4-9(10)12-11-8/h3-4H,1-2H3,(H3,10,11,12). The number of furan rings is 1. The quantitative estimate of drug-likeness (QED) is 0.698. The highest BCUT2D eigenvalue weighted by atomic mass is 16.3. The minimum Gasteiger partial charge on any atom is -0.466 e. The van der Waals surface area contributed by atoms with Crippen LogP contribution in [0.1, 0.15) is 11.5 Å². The van der Waals surface area contributed by atoms with Crippen LogP contribution in [0.3, 0.4) is 0 Å². The smallest absolute Gasteiger partial charge is 0.145 e. The molecule has 0 saturated heterocycles. The van der Waals surface area contributed by atoms with Gasteiger partial charge in [0.05, 0.1) is 5.69 Å². The average molecular weight is 177 g/mol. The first-order chi connectivity index (χ1) is 6.16. The summed E-state index contributed by atoms with van der Waals surface area (Å²) < 4.78 is 5.39. The molecule has 0 amide bonds. The van der Waals surface area contributed by atoms with Crippen molar-refractivity contribution < 1.29 is 4.42 Å². The molecule has 2 aromatic rings. The molecule has 2 rings (SSSR count). The van der Waals surface area contributed by atoms with Gasteiger partial charge in [0, 0.05) is 11.6 Å². The van der Waals surface area contributed by atoms with Crippen molar-refractivity contribution in [3.05, 3.63) is 23.7 Å². The summed E-state index contributed by atoms with van der Waals surface area (Å²) >= 11 is 0. The summed E-state index contributed by atoms with van der Waals surface area (Å²) in [6.45, 7) is 3.83. The SMILES string of the molecule is Cc1cc(-c2cc(N)n[nH]2)c(C)o1. The molecule has 0 aliphatic heterocycles. The minimum absolute atomic E-state index is 0.494. The molecule has 3 N–H and O–H groups in total. The van der Waals surface area contributed by atoms with Crippen molar-refractivity contribution in [2.45, 2.75) is 13.8 Å². The van der Waals surface area contributed by atoms with E-state index in [9.17, 15) is 0 Å². The minimum atomic E-state index is 0.494. The predicted molar refractivity (Wildman–Crippen MR) is 50.2 cm³/mol. The second kappa shape index (κ2) is 2.65. The molecule has 0 unspecified atom stereocenters. The Bertz CT molecular complexity index is 428. The lowest BCUT2D eigenvalue weighted by Gasteiger charge is -1.90. The molecule has 0 aliphatic rings. The van der Waals surface area contributed by atoms with Gasteiger partial charge in [0.15, 0.2) is 0 Å². The van der Waals surface area contributed by atoms with Crippen LogP contribution in [0.15, 0.2) is 16.5 Å². The van der Waals surface area contributed by atoms with Crippen molar-refractivity contribution in [1.29, 1.82) is 0 Å². The maximum absolute atomic E-state index is 5.50. The number of rotatable bonds is 1. The summed E-state index contributed by atoms with van der Waals surface area (Å²) in [4.78, 5) is 0. The molecule has 4 nitrogen and oxygen atoms in total. The van der Waals surface area contributed by atoms with Crippen LogP contribution >= 0.6 is 0 Å². The number of H-pyrrole nitrogens is 1. The van der Waals surface area contributed by atoms with Gasteiger partial charge in [0.1, 0.15) is 17.3 Å². The van der Waals surface area contributed by atoms with Crippen LogP contribution in [0.2, 0.25) is 0 Å². The number of nitrogens with two attached hydrogens (primary N) is 1. The van der Waals surface area contributed by atoms with Crippen molar-refractivity contribution in [1.82, 2.24) is 10.2 Å². The summed E-state index contributed by atoms with van der Waals surface area (Å²) in [5, 5.41) is 6.70. The van der Waals surface area contributed by atoms with E-state index in [4.69, 9.17) is 10.2 Å². The Kier molecular flexibility index (Phi) is 1.62.